The number of benzene rings is 2. The molecule has 0 heterocycles. The summed E-state index contributed by atoms with van der Waals surface area (Å²) in [6.45, 7) is 4.85. The molecule has 0 amide bonds. The van der Waals surface area contributed by atoms with Gasteiger partial charge < -0.3 is 10.1 Å². The molecule has 2 aromatic carbocycles. The van der Waals surface area contributed by atoms with E-state index in [4.69, 9.17) is 17.0 Å². The highest BCUT2D eigenvalue weighted by Crippen LogP contribution is 2.12. The second-order valence-corrected chi connectivity index (χ2v) is 5.43. The lowest BCUT2D eigenvalue weighted by molar-refractivity contribution is 0.322. The third kappa shape index (κ3) is 6.62. The molecule has 4 nitrogen and oxygen atoms in total. The molecule has 0 radical (unpaired) electrons. The van der Waals surface area contributed by atoms with Gasteiger partial charge in [-0.3, -0.25) is 5.43 Å². The molecule has 0 spiro atoms. The second-order valence-electron chi connectivity index (χ2n) is 5.03. The molecule has 0 aliphatic rings. The molecule has 0 aromatic heterocycles. The van der Waals surface area contributed by atoms with E-state index in [2.05, 4.69) is 34.6 Å². The van der Waals surface area contributed by atoms with Crippen LogP contribution in [0.4, 0.5) is 0 Å². The molecule has 0 bridgehead atoms. The van der Waals surface area contributed by atoms with Crippen LogP contribution in [0.5, 0.6) is 5.75 Å². The Morgan fingerprint density at radius 1 is 1.17 bits per heavy atom. The number of thiocarbonyl (C=S) groups is 1. The average Bonchev–Trinajstić information content (AvgIpc) is 2.61. The molecule has 124 valence electrons. The van der Waals surface area contributed by atoms with Crippen LogP contribution < -0.4 is 15.5 Å². The number of rotatable bonds is 8. The summed E-state index contributed by atoms with van der Waals surface area (Å²) >= 11 is 5.06. The van der Waals surface area contributed by atoms with Crippen LogP contribution >= 0.6 is 12.2 Å². The van der Waals surface area contributed by atoms with Gasteiger partial charge in [0.2, 0.25) is 0 Å². The van der Waals surface area contributed by atoms with Gasteiger partial charge in [-0.05, 0) is 35.5 Å². The molecule has 0 aliphatic carbocycles. The third-order valence-electron chi connectivity index (χ3n) is 3.15. The van der Waals surface area contributed by atoms with Gasteiger partial charge in [0.05, 0.1) is 12.8 Å². The zero-order valence-corrected chi connectivity index (χ0v) is 14.3. The highest BCUT2D eigenvalue weighted by atomic mass is 32.1. The summed E-state index contributed by atoms with van der Waals surface area (Å²) in [5, 5.41) is 7.49. The molecule has 2 N–H and O–H groups in total. The first-order valence-corrected chi connectivity index (χ1v) is 8.13. The van der Waals surface area contributed by atoms with Gasteiger partial charge in [-0.15, -0.1) is 6.58 Å². The Labute approximate surface area is 148 Å². The van der Waals surface area contributed by atoms with Crippen LogP contribution in [0.25, 0.3) is 0 Å². The molecule has 0 fully saturated rings. The van der Waals surface area contributed by atoms with Crippen LogP contribution in [-0.4, -0.2) is 24.5 Å². The molecule has 0 saturated heterocycles. The van der Waals surface area contributed by atoms with Gasteiger partial charge >= 0.3 is 0 Å². The van der Waals surface area contributed by atoms with E-state index in [0.717, 1.165) is 17.7 Å². The molecule has 0 atom stereocenters. The van der Waals surface area contributed by atoms with Crippen molar-refractivity contribution < 1.29 is 4.74 Å². The van der Waals surface area contributed by atoms with Crippen molar-refractivity contribution in [3.8, 4) is 5.75 Å². The maximum atomic E-state index is 5.80. The number of hydrogen-bond acceptors (Lipinski definition) is 3. The molecule has 0 unspecified atom stereocenters. The smallest absolute Gasteiger partial charge is 0.187 e. The van der Waals surface area contributed by atoms with Crippen molar-refractivity contribution in [2.24, 2.45) is 5.10 Å². The molecule has 2 aromatic rings. The van der Waals surface area contributed by atoms with E-state index in [-0.39, 0.29) is 0 Å². The standard InChI is InChI=1S/C19H21N3OS/c1-2-12-20-19(24)22-21-15-17-9-6-10-18(14-17)23-13-11-16-7-4-3-5-8-16/h2-10,14-15H,1,11-13H2,(H2,20,22,24)/b21-15-. The minimum atomic E-state index is 0.460. The highest BCUT2D eigenvalue weighted by molar-refractivity contribution is 7.80. The number of ether oxygens (including phenoxy) is 1. The van der Waals surface area contributed by atoms with Crippen molar-refractivity contribution in [2.45, 2.75) is 6.42 Å². The highest BCUT2D eigenvalue weighted by Gasteiger charge is 1.97. The molecule has 0 aliphatic heterocycles. The van der Waals surface area contributed by atoms with Gasteiger partial charge in [0.25, 0.3) is 0 Å². The SMILES string of the molecule is C=CCNC(=S)N/N=C\c1cccc(OCCc2ccccc2)c1. The van der Waals surface area contributed by atoms with E-state index in [1.807, 2.05) is 42.5 Å². The first-order valence-electron chi connectivity index (χ1n) is 7.72. The summed E-state index contributed by atoms with van der Waals surface area (Å²) in [5.74, 6) is 0.822. The first-order chi connectivity index (χ1) is 11.8. The number of nitrogens with one attached hydrogen (secondary N) is 2. The maximum Gasteiger partial charge on any atom is 0.187 e. The van der Waals surface area contributed by atoms with Gasteiger partial charge in [0.1, 0.15) is 5.75 Å². The number of hydrazone groups is 1. The van der Waals surface area contributed by atoms with E-state index in [9.17, 15) is 0 Å². The van der Waals surface area contributed by atoms with Crippen LogP contribution in [0.1, 0.15) is 11.1 Å². The average molecular weight is 339 g/mol. The largest absolute Gasteiger partial charge is 0.493 e. The Kier molecular flexibility index (Phi) is 7.50. The quantitative estimate of drug-likeness (QED) is 0.335. The molecule has 24 heavy (non-hydrogen) atoms. The normalized spacial score (nSPS) is 10.3. The predicted molar refractivity (Wildman–Crippen MR) is 104 cm³/mol. The van der Waals surface area contributed by atoms with E-state index < -0.39 is 0 Å². The zero-order valence-electron chi connectivity index (χ0n) is 13.4. The van der Waals surface area contributed by atoms with Crippen LogP contribution in [0, 0.1) is 0 Å². The van der Waals surface area contributed by atoms with E-state index in [1.165, 1.54) is 5.56 Å². The zero-order chi connectivity index (χ0) is 17.0. The van der Waals surface area contributed by atoms with Crippen LogP contribution in [0.15, 0.2) is 72.4 Å². The van der Waals surface area contributed by atoms with Crippen molar-refractivity contribution in [3.05, 3.63) is 78.4 Å². The van der Waals surface area contributed by atoms with Gasteiger partial charge in [-0.2, -0.15) is 5.10 Å². The molecule has 2 rings (SSSR count). The summed E-state index contributed by atoms with van der Waals surface area (Å²) < 4.78 is 5.80. The summed E-state index contributed by atoms with van der Waals surface area (Å²) in [6, 6.07) is 18.1. The fraction of sp³-hybridized carbons (Fsp3) is 0.158. The third-order valence-corrected chi connectivity index (χ3v) is 3.38. The first kappa shape index (κ1) is 17.7. The summed E-state index contributed by atoms with van der Waals surface area (Å²) in [5.41, 5.74) is 4.95. The summed E-state index contributed by atoms with van der Waals surface area (Å²) in [6.07, 6.45) is 4.31. The topological polar surface area (TPSA) is 45.7 Å². The van der Waals surface area contributed by atoms with E-state index in [1.54, 1.807) is 12.3 Å². The van der Waals surface area contributed by atoms with Crippen LogP contribution in [0.2, 0.25) is 0 Å². The molecule has 0 saturated carbocycles. The molecular formula is C19H21N3OS. The van der Waals surface area contributed by atoms with Crippen molar-refractivity contribution in [3.63, 3.8) is 0 Å². The molecular weight excluding hydrogens is 318 g/mol. The number of nitrogens with zero attached hydrogens (tertiary/aromatic N) is 1. The van der Waals surface area contributed by atoms with Gasteiger partial charge in [-0.1, -0.05) is 48.5 Å². The van der Waals surface area contributed by atoms with Crippen molar-refractivity contribution >= 4 is 23.5 Å². The maximum absolute atomic E-state index is 5.80. The minimum Gasteiger partial charge on any atom is -0.493 e. The Hall–Kier alpha value is -2.66. The molecule has 5 heteroatoms. The summed E-state index contributed by atoms with van der Waals surface area (Å²) in [7, 11) is 0. The summed E-state index contributed by atoms with van der Waals surface area (Å²) in [4.78, 5) is 0. The predicted octanol–water partition coefficient (Wildman–Crippen LogP) is 3.29. The fourth-order valence-corrected chi connectivity index (χ4v) is 2.12. The Morgan fingerprint density at radius 3 is 2.79 bits per heavy atom. The van der Waals surface area contributed by atoms with Crippen LogP contribution in [0.3, 0.4) is 0 Å². The Bertz CT molecular complexity index is 686. The van der Waals surface area contributed by atoms with Gasteiger partial charge in [0, 0.05) is 13.0 Å². The Balaban J connectivity index is 1.80. The van der Waals surface area contributed by atoms with Crippen LogP contribution in [-0.2, 0) is 6.42 Å². The van der Waals surface area contributed by atoms with Gasteiger partial charge in [0.15, 0.2) is 5.11 Å². The fourth-order valence-electron chi connectivity index (χ4n) is 1.99. The van der Waals surface area contributed by atoms with Crippen molar-refractivity contribution in [2.75, 3.05) is 13.2 Å². The number of hydrogen-bond donors (Lipinski definition) is 2. The Morgan fingerprint density at radius 2 is 2.00 bits per heavy atom. The monoisotopic (exact) mass is 339 g/mol. The van der Waals surface area contributed by atoms with E-state index >= 15 is 0 Å². The van der Waals surface area contributed by atoms with Gasteiger partial charge in [-0.25, -0.2) is 0 Å². The lowest BCUT2D eigenvalue weighted by Gasteiger charge is -2.07. The minimum absolute atomic E-state index is 0.460. The lowest BCUT2D eigenvalue weighted by Crippen LogP contribution is -2.31. The van der Waals surface area contributed by atoms with Crippen molar-refractivity contribution in [1.29, 1.82) is 0 Å². The lowest BCUT2D eigenvalue weighted by atomic mass is 10.2. The van der Waals surface area contributed by atoms with Crippen molar-refractivity contribution in [1.82, 2.24) is 10.7 Å². The van der Waals surface area contributed by atoms with E-state index in [0.29, 0.717) is 18.3 Å². The second kappa shape index (κ2) is 10.2.